The van der Waals surface area contributed by atoms with Gasteiger partial charge in [-0.1, -0.05) is 0 Å². The summed E-state index contributed by atoms with van der Waals surface area (Å²) in [6.45, 7) is 5.22. The molecule has 0 saturated carbocycles. The van der Waals surface area contributed by atoms with Crippen LogP contribution in [0.5, 0.6) is 0 Å². The van der Waals surface area contributed by atoms with Crippen LogP contribution in [0.4, 0.5) is 23.0 Å². The molecular formula is C19H25BrN6O. The van der Waals surface area contributed by atoms with Gasteiger partial charge in [0.25, 0.3) is 0 Å². The van der Waals surface area contributed by atoms with E-state index in [4.69, 9.17) is 10.5 Å². The van der Waals surface area contributed by atoms with Crippen molar-refractivity contribution in [1.29, 1.82) is 0 Å². The lowest BCUT2D eigenvalue weighted by Gasteiger charge is -2.35. The van der Waals surface area contributed by atoms with Crippen LogP contribution in [-0.4, -0.2) is 55.4 Å². The Hall–Kier alpha value is -2.06. The Morgan fingerprint density at radius 1 is 1.11 bits per heavy atom. The molecule has 1 atom stereocenters. The van der Waals surface area contributed by atoms with Gasteiger partial charge in [0, 0.05) is 48.4 Å². The number of morpholine rings is 1. The van der Waals surface area contributed by atoms with Gasteiger partial charge in [-0.25, -0.2) is 9.97 Å². The third-order valence-electron chi connectivity index (χ3n) is 5.07. The zero-order valence-electron chi connectivity index (χ0n) is 15.3. The maximum Gasteiger partial charge on any atom is 0.134 e. The second kappa shape index (κ2) is 8.31. The van der Waals surface area contributed by atoms with Crippen LogP contribution in [0.3, 0.4) is 0 Å². The lowest BCUT2D eigenvalue weighted by Crippen LogP contribution is -2.42. The van der Waals surface area contributed by atoms with Crippen molar-refractivity contribution in [2.24, 2.45) is 0 Å². The number of halogens is 1. The zero-order valence-corrected chi connectivity index (χ0v) is 16.9. The molecule has 2 aliphatic rings. The number of benzene rings is 1. The Balaban J connectivity index is 1.43. The number of anilines is 4. The Bertz CT molecular complexity index is 783. The van der Waals surface area contributed by atoms with Gasteiger partial charge in [0.15, 0.2) is 0 Å². The Morgan fingerprint density at radius 3 is 2.78 bits per heavy atom. The number of nitrogens with one attached hydrogen (secondary N) is 1. The van der Waals surface area contributed by atoms with Crippen LogP contribution in [0.1, 0.15) is 12.8 Å². The molecule has 0 radical (unpaired) electrons. The Kier molecular flexibility index (Phi) is 5.63. The van der Waals surface area contributed by atoms with Crippen molar-refractivity contribution in [2.75, 3.05) is 60.2 Å². The number of aromatic nitrogens is 2. The summed E-state index contributed by atoms with van der Waals surface area (Å²) in [6.07, 6.45) is 3.90. The van der Waals surface area contributed by atoms with Crippen molar-refractivity contribution in [1.82, 2.24) is 9.97 Å². The number of nitrogens with zero attached hydrogens (tertiary/aromatic N) is 4. The van der Waals surface area contributed by atoms with Crippen LogP contribution in [0.15, 0.2) is 35.1 Å². The summed E-state index contributed by atoms with van der Waals surface area (Å²) < 4.78 is 6.47. The molecule has 2 aromatic rings. The molecule has 27 heavy (non-hydrogen) atoms. The minimum atomic E-state index is 0.343. The molecule has 0 aliphatic carbocycles. The molecule has 3 N–H and O–H groups in total. The fraction of sp³-hybridized carbons (Fsp3) is 0.474. The number of nitrogen functional groups attached to an aromatic ring is 1. The lowest BCUT2D eigenvalue weighted by atomic mass is 10.0. The van der Waals surface area contributed by atoms with Crippen molar-refractivity contribution < 1.29 is 4.74 Å². The van der Waals surface area contributed by atoms with Crippen LogP contribution >= 0.6 is 15.9 Å². The number of hydrogen-bond acceptors (Lipinski definition) is 7. The third kappa shape index (κ3) is 4.44. The molecule has 7 nitrogen and oxygen atoms in total. The summed E-state index contributed by atoms with van der Waals surface area (Å²) in [4.78, 5) is 13.5. The van der Waals surface area contributed by atoms with Crippen LogP contribution in [0.25, 0.3) is 0 Å². The summed E-state index contributed by atoms with van der Waals surface area (Å²) in [5, 5.41) is 3.60. The van der Waals surface area contributed by atoms with Gasteiger partial charge in [-0.3, -0.25) is 0 Å². The van der Waals surface area contributed by atoms with E-state index in [0.29, 0.717) is 6.04 Å². The van der Waals surface area contributed by atoms with Crippen LogP contribution in [0, 0.1) is 0 Å². The van der Waals surface area contributed by atoms with E-state index in [1.807, 2.05) is 18.2 Å². The van der Waals surface area contributed by atoms with Gasteiger partial charge >= 0.3 is 0 Å². The van der Waals surface area contributed by atoms with Gasteiger partial charge in [0.1, 0.15) is 18.0 Å². The first-order valence-corrected chi connectivity index (χ1v) is 10.2. The molecule has 1 aromatic heterocycles. The summed E-state index contributed by atoms with van der Waals surface area (Å²) in [7, 11) is 0. The number of ether oxygens (including phenoxy) is 1. The molecule has 0 bridgehead atoms. The molecule has 144 valence electrons. The first kappa shape index (κ1) is 18.3. The van der Waals surface area contributed by atoms with E-state index in [1.54, 1.807) is 6.33 Å². The predicted molar refractivity (Wildman–Crippen MR) is 112 cm³/mol. The van der Waals surface area contributed by atoms with Gasteiger partial charge in [-0.15, -0.1) is 0 Å². The highest BCUT2D eigenvalue weighted by atomic mass is 79.9. The smallest absolute Gasteiger partial charge is 0.134 e. The van der Waals surface area contributed by atoms with E-state index in [-0.39, 0.29) is 0 Å². The molecular weight excluding hydrogens is 408 g/mol. The van der Waals surface area contributed by atoms with Crippen molar-refractivity contribution in [3.8, 4) is 0 Å². The van der Waals surface area contributed by atoms with E-state index < -0.39 is 0 Å². The summed E-state index contributed by atoms with van der Waals surface area (Å²) in [5.74, 6) is 1.85. The normalized spacial score (nSPS) is 20.6. The highest BCUT2D eigenvalue weighted by molar-refractivity contribution is 9.10. The van der Waals surface area contributed by atoms with Crippen molar-refractivity contribution in [3.05, 3.63) is 35.1 Å². The fourth-order valence-corrected chi connectivity index (χ4v) is 4.34. The first-order chi connectivity index (χ1) is 13.2. The van der Waals surface area contributed by atoms with E-state index in [2.05, 4.69) is 47.1 Å². The monoisotopic (exact) mass is 432 g/mol. The summed E-state index contributed by atoms with van der Waals surface area (Å²) >= 11 is 3.64. The molecule has 8 heteroatoms. The second-order valence-corrected chi connectivity index (χ2v) is 7.86. The van der Waals surface area contributed by atoms with E-state index >= 15 is 0 Å². The number of nitrogens with two attached hydrogens (primary N) is 1. The van der Waals surface area contributed by atoms with Gasteiger partial charge in [0.2, 0.25) is 0 Å². The SMILES string of the molecule is Nc1ccc(N2CCC[C@@H](Nc3cc(N4CCOCC4)ncn3)C2)c(Br)c1. The van der Waals surface area contributed by atoms with Crippen molar-refractivity contribution >= 4 is 38.9 Å². The predicted octanol–water partition coefficient (Wildman–Crippen LogP) is 2.74. The minimum absolute atomic E-state index is 0.343. The van der Waals surface area contributed by atoms with E-state index in [0.717, 1.165) is 74.0 Å². The summed E-state index contributed by atoms with van der Waals surface area (Å²) in [5.41, 5.74) is 7.83. The molecule has 0 spiro atoms. The second-order valence-electron chi connectivity index (χ2n) is 7.00. The largest absolute Gasteiger partial charge is 0.399 e. The lowest BCUT2D eigenvalue weighted by molar-refractivity contribution is 0.122. The van der Waals surface area contributed by atoms with Crippen molar-refractivity contribution in [3.63, 3.8) is 0 Å². The van der Waals surface area contributed by atoms with Gasteiger partial charge in [-0.05, 0) is 47.0 Å². The molecule has 4 rings (SSSR count). The van der Waals surface area contributed by atoms with Gasteiger partial charge in [-0.2, -0.15) is 0 Å². The molecule has 3 heterocycles. The summed E-state index contributed by atoms with van der Waals surface area (Å²) in [6, 6.07) is 8.39. The standard InChI is InChI=1S/C19H25BrN6O/c20-16-10-14(21)3-4-17(16)26-5-1-2-15(12-26)24-18-11-19(23-13-22-18)25-6-8-27-9-7-25/h3-4,10-11,13,15H,1-2,5-9,12,21H2,(H,22,23,24)/t15-/m1/s1. The van der Waals surface area contributed by atoms with Crippen LogP contribution < -0.4 is 20.9 Å². The third-order valence-corrected chi connectivity index (χ3v) is 5.71. The zero-order chi connectivity index (χ0) is 18.6. The molecule has 0 unspecified atom stereocenters. The molecule has 2 saturated heterocycles. The topological polar surface area (TPSA) is 79.5 Å². The van der Waals surface area contributed by atoms with Crippen molar-refractivity contribution in [2.45, 2.75) is 18.9 Å². The number of piperidine rings is 1. The van der Waals surface area contributed by atoms with Crippen LogP contribution in [0.2, 0.25) is 0 Å². The average Bonchev–Trinajstić information content (AvgIpc) is 2.69. The highest BCUT2D eigenvalue weighted by Gasteiger charge is 2.22. The molecule has 0 amide bonds. The van der Waals surface area contributed by atoms with E-state index in [1.165, 1.54) is 5.69 Å². The number of hydrogen-bond donors (Lipinski definition) is 2. The maximum absolute atomic E-state index is 5.88. The van der Waals surface area contributed by atoms with E-state index in [9.17, 15) is 0 Å². The Morgan fingerprint density at radius 2 is 1.96 bits per heavy atom. The number of rotatable bonds is 4. The van der Waals surface area contributed by atoms with Crippen LogP contribution in [-0.2, 0) is 4.74 Å². The van der Waals surface area contributed by atoms with Gasteiger partial charge in [0.05, 0.1) is 18.9 Å². The first-order valence-electron chi connectivity index (χ1n) is 9.40. The fourth-order valence-electron chi connectivity index (χ4n) is 3.69. The minimum Gasteiger partial charge on any atom is -0.399 e. The molecule has 2 aliphatic heterocycles. The highest BCUT2D eigenvalue weighted by Crippen LogP contribution is 2.31. The molecule has 1 aromatic carbocycles. The van der Waals surface area contributed by atoms with Gasteiger partial charge < -0.3 is 25.6 Å². The average molecular weight is 433 g/mol. The Labute approximate surface area is 168 Å². The quantitative estimate of drug-likeness (QED) is 0.718. The maximum atomic E-state index is 5.88. The molecule has 2 fully saturated rings.